The Balaban J connectivity index is 2.83. The Morgan fingerprint density at radius 1 is 1.35 bits per heavy atom. The molecule has 3 nitrogen and oxygen atoms in total. The maximum absolute atomic E-state index is 13.8. The van der Waals surface area contributed by atoms with Crippen molar-refractivity contribution in [1.29, 1.82) is 0 Å². The third kappa shape index (κ3) is 1.76. The number of hydrogen-bond acceptors (Lipinski definition) is 2. The third-order valence-electron chi connectivity index (χ3n) is 2.82. The summed E-state index contributed by atoms with van der Waals surface area (Å²) in [6.07, 6.45) is 0. The van der Waals surface area contributed by atoms with E-state index < -0.39 is 11.6 Å². The van der Waals surface area contributed by atoms with E-state index in [1.54, 1.807) is 10.6 Å². The lowest BCUT2D eigenvalue weighted by Crippen LogP contribution is -2.11. The van der Waals surface area contributed by atoms with Crippen molar-refractivity contribution in [3.05, 3.63) is 29.5 Å². The standard InChI is InChI=1S/C12H14F2N2O/c1-7-5-8-10(17-2)6-9(13)11(14)12(8)16(7)4-3-15/h5-6H,3-4,15H2,1-2H3. The molecule has 0 atom stereocenters. The molecule has 2 N–H and O–H groups in total. The van der Waals surface area contributed by atoms with E-state index in [1.807, 2.05) is 6.92 Å². The van der Waals surface area contributed by atoms with Crippen LogP contribution in [0.25, 0.3) is 10.9 Å². The Bertz CT molecular complexity index is 563. The largest absolute Gasteiger partial charge is 0.496 e. The van der Waals surface area contributed by atoms with Crippen LogP contribution in [0.4, 0.5) is 8.78 Å². The lowest BCUT2D eigenvalue weighted by atomic mass is 10.2. The van der Waals surface area contributed by atoms with Crippen molar-refractivity contribution in [2.75, 3.05) is 13.7 Å². The lowest BCUT2D eigenvalue weighted by molar-refractivity contribution is 0.412. The summed E-state index contributed by atoms with van der Waals surface area (Å²) in [6, 6.07) is 2.83. The van der Waals surface area contributed by atoms with Crippen molar-refractivity contribution >= 4 is 10.9 Å². The lowest BCUT2D eigenvalue weighted by Gasteiger charge is -2.08. The van der Waals surface area contributed by atoms with Crippen LogP contribution in [0.5, 0.6) is 5.75 Å². The van der Waals surface area contributed by atoms with Gasteiger partial charge in [-0.25, -0.2) is 8.78 Å². The average molecular weight is 240 g/mol. The van der Waals surface area contributed by atoms with Crippen molar-refractivity contribution in [2.24, 2.45) is 5.73 Å². The van der Waals surface area contributed by atoms with E-state index in [0.29, 0.717) is 24.2 Å². The molecule has 17 heavy (non-hydrogen) atoms. The maximum Gasteiger partial charge on any atom is 0.183 e. The summed E-state index contributed by atoms with van der Waals surface area (Å²) in [6.45, 7) is 2.63. The molecule has 0 aliphatic heterocycles. The van der Waals surface area contributed by atoms with Crippen molar-refractivity contribution in [3.8, 4) is 5.75 Å². The van der Waals surface area contributed by atoms with Crippen LogP contribution in [-0.4, -0.2) is 18.2 Å². The van der Waals surface area contributed by atoms with Gasteiger partial charge in [0.15, 0.2) is 11.6 Å². The minimum Gasteiger partial charge on any atom is -0.496 e. The minimum absolute atomic E-state index is 0.213. The van der Waals surface area contributed by atoms with Gasteiger partial charge in [0.2, 0.25) is 0 Å². The zero-order valence-electron chi connectivity index (χ0n) is 9.76. The van der Waals surface area contributed by atoms with Crippen LogP contribution in [0.15, 0.2) is 12.1 Å². The minimum atomic E-state index is -0.911. The quantitative estimate of drug-likeness (QED) is 0.893. The number of halogens is 2. The third-order valence-corrected chi connectivity index (χ3v) is 2.82. The summed E-state index contributed by atoms with van der Waals surface area (Å²) in [4.78, 5) is 0. The van der Waals surface area contributed by atoms with Crippen molar-refractivity contribution in [3.63, 3.8) is 0 Å². The average Bonchev–Trinajstić information content (AvgIpc) is 2.62. The van der Waals surface area contributed by atoms with Crippen LogP contribution in [0.3, 0.4) is 0 Å². The molecule has 1 aromatic heterocycles. The molecule has 0 aliphatic carbocycles. The molecule has 0 amide bonds. The van der Waals surface area contributed by atoms with E-state index in [2.05, 4.69) is 0 Å². The molecule has 0 bridgehead atoms. The molecule has 0 aliphatic rings. The van der Waals surface area contributed by atoms with Crippen LogP contribution in [0.1, 0.15) is 5.69 Å². The van der Waals surface area contributed by atoms with Gasteiger partial charge >= 0.3 is 0 Å². The van der Waals surface area contributed by atoms with Gasteiger partial charge in [0.05, 0.1) is 12.6 Å². The summed E-state index contributed by atoms with van der Waals surface area (Å²) in [5.41, 5.74) is 6.51. The number of benzene rings is 1. The first kappa shape index (κ1) is 11.9. The Labute approximate surface area is 97.8 Å². The van der Waals surface area contributed by atoms with Gasteiger partial charge in [-0.2, -0.15) is 0 Å². The molecule has 0 radical (unpaired) electrons. The molecular formula is C12H14F2N2O. The number of fused-ring (bicyclic) bond motifs is 1. The van der Waals surface area contributed by atoms with Gasteiger partial charge in [-0.3, -0.25) is 0 Å². The number of aromatic nitrogens is 1. The Morgan fingerprint density at radius 3 is 2.65 bits per heavy atom. The summed E-state index contributed by atoms with van der Waals surface area (Å²) in [5.74, 6) is -1.44. The number of aryl methyl sites for hydroxylation is 1. The molecule has 1 heterocycles. The van der Waals surface area contributed by atoms with E-state index in [0.717, 1.165) is 11.8 Å². The summed E-state index contributed by atoms with van der Waals surface area (Å²) >= 11 is 0. The van der Waals surface area contributed by atoms with Gasteiger partial charge in [0, 0.05) is 30.2 Å². The van der Waals surface area contributed by atoms with Crippen molar-refractivity contribution in [2.45, 2.75) is 13.5 Å². The molecule has 0 fully saturated rings. The predicted molar refractivity (Wildman–Crippen MR) is 62.2 cm³/mol. The summed E-state index contributed by atoms with van der Waals surface area (Å²) < 4.78 is 34.0. The second-order valence-electron chi connectivity index (χ2n) is 3.86. The van der Waals surface area contributed by atoms with Crippen LogP contribution in [0, 0.1) is 18.6 Å². The Morgan fingerprint density at radius 2 is 2.06 bits per heavy atom. The van der Waals surface area contributed by atoms with Gasteiger partial charge in [-0.15, -0.1) is 0 Å². The van der Waals surface area contributed by atoms with E-state index in [-0.39, 0.29) is 5.52 Å². The fourth-order valence-electron chi connectivity index (χ4n) is 2.06. The molecule has 0 saturated heterocycles. The van der Waals surface area contributed by atoms with Crippen LogP contribution < -0.4 is 10.5 Å². The highest BCUT2D eigenvalue weighted by Gasteiger charge is 2.18. The van der Waals surface area contributed by atoms with Crippen LogP contribution >= 0.6 is 0 Å². The highest BCUT2D eigenvalue weighted by atomic mass is 19.2. The van der Waals surface area contributed by atoms with Gasteiger partial charge in [0.1, 0.15) is 5.75 Å². The molecule has 2 rings (SSSR count). The van der Waals surface area contributed by atoms with Crippen LogP contribution in [0.2, 0.25) is 0 Å². The van der Waals surface area contributed by atoms with Crippen molar-refractivity contribution < 1.29 is 13.5 Å². The number of nitrogens with two attached hydrogens (primary N) is 1. The monoisotopic (exact) mass is 240 g/mol. The van der Waals surface area contributed by atoms with Gasteiger partial charge in [0.25, 0.3) is 0 Å². The zero-order chi connectivity index (χ0) is 12.6. The first-order chi connectivity index (χ1) is 8.10. The molecule has 2 aromatic rings. The van der Waals surface area contributed by atoms with Crippen molar-refractivity contribution in [1.82, 2.24) is 4.57 Å². The van der Waals surface area contributed by atoms with Gasteiger partial charge in [-0.1, -0.05) is 0 Å². The smallest absolute Gasteiger partial charge is 0.183 e. The highest BCUT2D eigenvalue weighted by Crippen LogP contribution is 2.32. The molecular weight excluding hydrogens is 226 g/mol. The number of hydrogen-bond donors (Lipinski definition) is 1. The summed E-state index contributed by atoms with van der Waals surface area (Å²) in [5, 5.41) is 0.567. The fourth-order valence-corrected chi connectivity index (χ4v) is 2.06. The number of rotatable bonds is 3. The Kier molecular flexibility index (Phi) is 3.02. The molecule has 0 unspecified atom stereocenters. The number of methoxy groups -OCH3 is 1. The first-order valence-corrected chi connectivity index (χ1v) is 5.32. The second-order valence-corrected chi connectivity index (χ2v) is 3.86. The maximum atomic E-state index is 13.8. The van der Waals surface area contributed by atoms with Gasteiger partial charge < -0.3 is 15.0 Å². The second kappa shape index (κ2) is 4.33. The van der Waals surface area contributed by atoms with E-state index >= 15 is 0 Å². The Hall–Kier alpha value is -1.62. The molecule has 0 saturated carbocycles. The summed E-state index contributed by atoms with van der Waals surface area (Å²) in [7, 11) is 1.43. The van der Waals surface area contributed by atoms with Crippen LogP contribution in [-0.2, 0) is 6.54 Å². The topological polar surface area (TPSA) is 40.2 Å². The first-order valence-electron chi connectivity index (χ1n) is 5.32. The predicted octanol–water partition coefficient (Wildman–Crippen LogP) is 2.20. The molecule has 92 valence electrons. The van der Waals surface area contributed by atoms with E-state index in [9.17, 15) is 8.78 Å². The normalized spacial score (nSPS) is 11.1. The highest BCUT2D eigenvalue weighted by molar-refractivity contribution is 5.88. The van der Waals surface area contributed by atoms with Gasteiger partial charge in [-0.05, 0) is 13.0 Å². The number of ether oxygens (including phenoxy) is 1. The fraction of sp³-hybridized carbons (Fsp3) is 0.333. The van der Waals surface area contributed by atoms with E-state index in [1.165, 1.54) is 7.11 Å². The zero-order valence-corrected chi connectivity index (χ0v) is 9.76. The molecule has 0 spiro atoms. The molecule has 5 heteroatoms. The number of nitrogens with zero attached hydrogens (tertiary/aromatic N) is 1. The van der Waals surface area contributed by atoms with E-state index in [4.69, 9.17) is 10.5 Å². The molecule has 1 aromatic carbocycles. The SMILES string of the molecule is COc1cc(F)c(F)c2c1cc(C)n2CCN.